The fraction of sp³-hybridized carbons (Fsp3) is 1.00. The number of rotatable bonds is 3. The highest BCUT2D eigenvalue weighted by Gasteiger charge is 2.25. The molecule has 0 radical (unpaired) electrons. The molecule has 1 aliphatic rings. The minimum absolute atomic E-state index is 0.152. The first kappa shape index (κ1) is 9.96. The Labute approximate surface area is 74.1 Å². The molecule has 3 nitrogen and oxygen atoms in total. The van der Waals surface area contributed by atoms with Gasteiger partial charge in [-0.25, -0.2) is 0 Å². The fourth-order valence-electron chi connectivity index (χ4n) is 1.43. The molecule has 0 aromatic rings. The van der Waals surface area contributed by atoms with Crippen LogP contribution >= 0.6 is 0 Å². The molecule has 0 bridgehead atoms. The number of hydrogen-bond acceptors (Lipinski definition) is 3. The second-order valence-corrected chi connectivity index (χ2v) is 3.67. The number of aliphatic hydroxyl groups excluding tert-OH is 1. The molecular formula is C9H19NO2. The molecule has 72 valence electrons. The average molecular weight is 173 g/mol. The number of nitrogens with one attached hydrogen (secondary N) is 1. The number of aliphatic hydroxyl groups is 1. The van der Waals surface area contributed by atoms with Crippen LogP contribution in [0.5, 0.6) is 0 Å². The molecule has 4 atom stereocenters. The van der Waals surface area contributed by atoms with E-state index in [1.54, 1.807) is 6.92 Å². The Bertz CT molecular complexity index is 138. The summed E-state index contributed by atoms with van der Waals surface area (Å²) in [6.07, 6.45) is 1.04. The van der Waals surface area contributed by atoms with Crippen molar-refractivity contribution in [2.75, 3.05) is 6.61 Å². The molecule has 1 saturated heterocycles. The molecule has 0 amide bonds. The first-order valence-electron chi connectivity index (χ1n) is 4.67. The zero-order valence-electron chi connectivity index (χ0n) is 8.08. The zero-order valence-corrected chi connectivity index (χ0v) is 8.08. The van der Waals surface area contributed by atoms with E-state index >= 15 is 0 Å². The van der Waals surface area contributed by atoms with Gasteiger partial charge in [0.25, 0.3) is 0 Å². The quantitative estimate of drug-likeness (QED) is 0.654. The van der Waals surface area contributed by atoms with Gasteiger partial charge in [-0.1, -0.05) is 0 Å². The van der Waals surface area contributed by atoms with E-state index in [4.69, 9.17) is 4.74 Å². The summed E-state index contributed by atoms with van der Waals surface area (Å²) in [5.74, 6) is 0. The highest BCUT2D eigenvalue weighted by Crippen LogP contribution is 2.13. The van der Waals surface area contributed by atoms with Crippen LogP contribution in [0.25, 0.3) is 0 Å². The molecule has 2 N–H and O–H groups in total. The highest BCUT2D eigenvalue weighted by atomic mass is 16.5. The molecule has 0 aliphatic carbocycles. The summed E-state index contributed by atoms with van der Waals surface area (Å²) in [5, 5.41) is 12.6. The molecule has 0 aromatic carbocycles. The Morgan fingerprint density at radius 1 is 1.50 bits per heavy atom. The zero-order chi connectivity index (χ0) is 9.14. The van der Waals surface area contributed by atoms with Gasteiger partial charge >= 0.3 is 0 Å². The summed E-state index contributed by atoms with van der Waals surface area (Å²) >= 11 is 0. The van der Waals surface area contributed by atoms with Gasteiger partial charge in [-0.3, -0.25) is 0 Å². The monoisotopic (exact) mass is 173 g/mol. The van der Waals surface area contributed by atoms with E-state index in [-0.39, 0.29) is 18.2 Å². The summed E-state index contributed by atoms with van der Waals surface area (Å²) in [7, 11) is 0. The van der Waals surface area contributed by atoms with Crippen LogP contribution in [-0.2, 0) is 4.74 Å². The van der Waals surface area contributed by atoms with Crippen LogP contribution in [-0.4, -0.2) is 36.0 Å². The summed E-state index contributed by atoms with van der Waals surface area (Å²) in [5.41, 5.74) is 0. The Balaban J connectivity index is 2.30. The van der Waals surface area contributed by atoms with Gasteiger partial charge in [0.15, 0.2) is 0 Å². The number of hydrogen-bond donors (Lipinski definition) is 2. The summed E-state index contributed by atoms with van der Waals surface area (Å²) < 4.78 is 5.40. The van der Waals surface area contributed by atoms with Gasteiger partial charge in [0.2, 0.25) is 0 Å². The molecule has 1 fully saturated rings. The van der Waals surface area contributed by atoms with Crippen molar-refractivity contribution in [3.05, 3.63) is 0 Å². The first-order valence-corrected chi connectivity index (χ1v) is 4.67. The van der Waals surface area contributed by atoms with Gasteiger partial charge in [-0.2, -0.15) is 0 Å². The maximum absolute atomic E-state index is 9.26. The van der Waals surface area contributed by atoms with Crippen LogP contribution in [0.4, 0.5) is 0 Å². The molecule has 12 heavy (non-hydrogen) atoms. The molecule has 1 rings (SSSR count). The standard InChI is InChI=1S/C9H19NO2/c1-6(7(2)11)10-9-4-5-12-8(9)3/h6-11H,4-5H2,1-3H3. The van der Waals surface area contributed by atoms with Crippen molar-refractivity contribution in [1.82, 2.24) is 5.32 Å². The maximum Gasteiger partial charge on any atom is 0.0700 e. The lowest BCUT2D eigenvalue weighted by Gasteiger charge is -2.23. The van der Waals surface area contributed by atoms with Crippen LogP contribution in [0.2, 0.25) is 0 Å². The molecule has 0 spiro atoms. The van der Waals surface area contributed by atoms with Crippen molar-refractivity contribution in [3.63, 3.8) is 0 Å². The molecular weight excluding hydrogens is 154 g/mol. The minimum atomic E-state index is -0.294. The second kappa shape index (κ2) is 4.21. The average Bonchev–Trinajstić information content (AvgIpc) is 2.36. The molecule has 0 saturated carbocycles. The van der Waals surface area contributed by atoms with Gasteiger partial charge in [0.05, 0.1) is 12.2 Å². The lowest BCUT2D eigenvalue weighted by molar-refractivity contribution is 0.0986. The predicted molar refractivity (Wildman–Crippen MR) is 48.1 cm³/mol. The van der Waals surface area contributed by atoms with E-state index in [0.29, 0.717) is 6.04 Å². The van der Waals surface area contributed by atoms with E-state index in [2.05, 4.69) is 12.2 Å². The Kier molecular flexibility index (Phi) is 3.50. The van der Waals surface area contributed by atoms with Crippen LogP contribution in [0.15, 0.2) is 0 Å². The van der Waals surface area contributed by atoms with Crippen LogP contribution in [0.3, 0.4) is 0 Å². The van der Waals surface area contributed by atoms with Crippen molar-refractivity contribution in [2.24, 2.45) is 0 Å². The van der Waals surface area contributed by atoms with Gasteiger partial charge in [-0.15, -0.1) is 0 Å². The topological polar surface area (TPSA) is 41.5 Å². The van der Waals surface area contributed by atoms with Crippen LogP contribution < -0.4 is 5.32 Å². The van der Waals surface area contributed by atoms with Gasteiger partial charge in [0, 0.05) is 18.7 Å². The van der Waals surface area contributed by atoms with E-state index in [1.807, 2.05) is 6.92 Å². The largest absolute Gasteiger partial charge is 0.392 e. The summed E-state index contributed by atoms with van der Waals surface area (Å²) in [6, 6.07) is 0.564. The molecule has 1 aliphatic heterocycles. The van der Waals surface area contributed by atoms with Crippen molar-refractivity contribution in [1.29, 1.82) is 0 Å². The second-order valence-electron chi connectivity index (χ2n) is 3.67. The third kappa shape index (κ3) is 2.44. The van der Waals surface area contributed by atoms with Crippen molar-refractivity contribution in [3.8, 4) is 0 Å². The third-order valence-electron chi connectivity index (χ3n) is 2.58. The van der Waals surface area contributed by atoms with E-state index in [1.165, 1.54) is 0 Å². The van der Waals surface area contributed by atoms with Gasteiger partial charge < -0.3 is 15.2 Å². The fourth-order valence-corrected chi connectivity index (χ4v) is 1.43. The van der Waals surface area contributed by atoms with Gasteiger partial charge in [-0.05, 0) is 27.2 Å². The predicted octanol–water partition coefficient (Wildman–Crippen LogP) is 0.523. The first-order chi connectivity index (χ1) is 5.61. The lowest BCUT2D eigenvalue weighted by Crippen LogP contribution is -2.45. The van der Waals surface area contributed by atoms with Crippen LogP contribution in [0, 0.1) is 0 Å². The minimum Gasteiger partial charge on any atom is -0.392 e. The van der Waals surface area contributed by atoms with E-state index in [9.17, 15) is 5.11 Å². The number of ether oxygens (including phenoxy) is 1. The molecule has 4 unspecified atom stereocenters. The normalized spacial score (nSPS) is 35.0. The Morgan fingerprint density at radius 3 is 2.58 bits per heavy atom. The Morgan fingerprint density at radius 2 is 2.17 bits per heavy atom. The van der Waals surface area contributed by atoms with Crippen molar-refractivity contribution >= 4 is 0 Å². The molecule has 0 aromatic heterocycles. The summed E-state index contributed by atoms with van der Waals surface area (Å²) in [4.78, 5) is 0. The van der Waals surface area contributed by atoms with Crippen LogP contribution in [0.1, 0.15) is 27.2 Å². The maximum atomic E-state index is 9.26. The van der Waals surface area contributed by atoms with Crippen molar-refractivity contribution in [2.45, 2.75) is 51.5 Å². The Hall–Kier alpha value is -0.120. The smallest absolute Gasteiger partial charge is 0.0700 e. The highest BCUT2D eigenvalue weighted by molar-refractivity contribution is 4.82. The third-order valence-corrected chi connectivity index (χ3v) is 2.58. The lowest BCUT2D eigenvalue weighted by atomic mass is 10.1. The molecule has 3 heteroatoms. The van der Waals surface area contributed by atoms with Gasteiger partial charge in [0.1, 0.15) is 0 Å². The van der Waals surface area contributed by atoms with E-state index in [0.717, 1.165) is 13.0 Å². The van der Waals surface area contributed by atoms with E-state index < -0.39 is 0 Å². The SMILES string of the molecule is CC(O)C(C)NC1CCOC1C. The van der Waals surface area contributed by atoms with Crippen molar-refractivity contribution < 1.29 is 9.84 Å². The molecule has 1 heterocycles. The summed E-state index contributed by atoms with van der Waals surface area (Å²) in [6.45, 7) is 6.71.